The summed E-state index contributed by atoms with van der Waals surface area (Å²) in [7, 11) is 0. The number of para-hydroxylation sites is 3. The molecule has 1 heterocycles. The summed E-state index contributed by atoms with van der Waals surface area (Å²) in [6.07, 6.45) is 0.0137. The van der Waals surface area contributed by atoms with Gasteiger partial charge < -0.3 is 14.4 Å². The average Bonchev–Trinajstić information content (AvgIpc) is 3.06. The molecule has 0 saturated carbocycles. The van der Waals surface area contributed by atoms with E-state index in [9.17, 15) is 5.11 Å². The Labute approximate surface area is 169 Å². The van der Waals surface area contributed by atoms with Crippen molar-refractivity contribution in [2.75, 3.05) is 6.61 Å². The van der Waals surface area contributed by atoms with Gasteiger partial charge in [-0.05, 0) is 42.0 Å². The first-order chi connectivity index (χ1) is 13.7. The van der Waals surface area contributed by atoms with E-state index in [1.54, 1.807) is 0 Å². The number of nitrogens with zero attached hydrogens (tertiary/aromatic N) is 2. The lowest BCUT2D eigenvalue weighted by atomic mass is 10.1. The fraction of sp³-hybridized carbons (Fsp3) is 0.174. The second kappa shape index (κ2) is 8.46. The number of aliphatic hydroxyl groups is 1. The molecular weight excluding hydrogens is 372 g/mol. The number of imidazole rings is 1. The van der Waals surface area contributed by atoms with Gasteiger partial charge in [0.2, 0.25) is 0 Å². The third-order valence-electron chi connectivity index (χ3n) is 4.59. The molecule has 0 bridgehead atoms. The van der Waals surface area contributed by atoms with Crippen LogP contribution in [-0.2, 0) is 13.0 Å². The molecule has 0 unspecified atom stereocenters. The van der Waals surface area contributed by atoms with E-state index in [2.05, 4.69) is 4.57 Å². The highest BCUT2D eigenvalue weighted by molar-refractivity contribution is 6.30. The van der Waals surface area contributed by atoms with Gasteiger partial charge in [-0.2, -0.15) is 0 Å². The summed E-state index contributed by atoms with van der Waals surface area (Å²) in [6.45, 7) is 0.632. The van der Waals surface area contributed by atoms with Gasteiger partial charge >= 0.3 is 0 Å². The fourth-order valence-corrected chi connectivity index (χ4v) is 3.35. The highest BCUT2D eigenvalue weighted by atomic mass is 35.5. The molecule has 0 radical (unpaired) electrons. The number of hydrogen-bond acceptors (Lipinski definition) is 3. The van der Waals surface area contributed by atoms with E-state index >= 15 is 0 Å². The zero-order valence-electron chi connectivity index (χ0n) is 15.3. The molecule has 4 rings (SSSR count). The van der Waals surface area contributed by atoms with Crippen LogP contribution in [0, 0.1) is 0 Å². The number of aromatic nitrogens is 2. The van der Waals surface area contributed by atoms with Gasteiger partial charge in [0.1, 0.15) is 24.3 Å². The normalized spacial score (nSPS) is 12.2. The maximum atomic E-state index is 10.6. The molecule has 28 heavy (non-hydrogen) atoms. The minimum Gasteiger partial charge on any atom is -0.491 e. The molecule has 0 aliphatic heterocycles. The maximum absolute atomic E-state index is 10.6. The SMILES string of the molecule is O[C@@H](COc1ccccc1)Cn1c(Cc2ccc(Cl)cc2)nc2ccccc21. The Balaban J connectivity index is 1.55. The predicted molar refractivity (Wildman–Crippen MR) is 112 cm³/mol. The number of halogens is 1. The summed E-state index contributed by atoms with van der Waals surface area (Å²) in [5, 5.41) is 11.3. The van der Waals surface area contributed by atoms with Crippen LogP contribution in [-0.4, -0.2) is 27.4 Å². The van der Waals surface area contributed by atoms with Crippen molar-refractivity contribution in [2.24, 2.45) is 0 Å². The van der Waals surface area contributed by atoms with Crippen LogP contribution < -0.4 is 4.74 Å². The number of hydrogen-bond donors (Lipinski definition) is 1. The Morgan fingerprint density at radius 3 is 2.43 bits per heavy atom. The third-order valence-corrected chi connectivity index (χ3v) is 4.84. The van der Waals surface area contributed by atoms with Crippen LogP contribution in [0.15, 0.2) is 78.9 Å². The van der Waals surface area contributed by atoms with Crippen LogP contribution in [0.3, 0.4) is 0 Å². The summed E-state index contributed by atoms with van der Waals surface area (Å²) in [4.78, 5) is 4.78. The van der Waals surface area contributed by atoms with Crippen LogP contribution in [0.2, 0.25) is 5.02 Å². The molecule has 3 aromatic carbocycles. The summed E-state index contributed by atoms with van der Waals surface area (Å²) >= 11 is 6.00. The van der Waals surface area contributed by atoms with Crippen molar-refractivity contribution in [1.82, 2.24) is 9.55 Å². The molecule has 0 amide bonds. The van der Waals surface area contributed by atoms with Crippen molar-refractivity contribution in [3.8, 4) is 5.75 Å². The van der Waals surface area contributed by atoms with Gasteiger partial charge in [-0.15, -0.1) is 0 Å². The number of ether oxygens (including phenoxy) is 1. The topological polar surface area (TPSA) is 47.3 Å². The van der Waals surface area contributed by atoms with E-state index in [-0.39, 0.29) is 6.61 Å². The third kappa shape index (κ3) is 4.35. The number of fused-ring (bicyclic) bond motifs is 1. The lowest BCUT2D eigenvalue weighted by molar-refractivity contribution is 0.0928. The van der Waals surface area contributed by atoms with Gasteiger partial charge in [0.25, 0.3) is 0 Å². The average molecular weight is 393 g/mol. The van der Waals surface area contributed by atoms with Crippen molar-refractivity contribution in [2.45, 2.75) is 19.1 Å². The fourth-order valence-electron chi connectivity index (χ4n) is 3.22. The summed E-state index contributed by atoms with van der Waals surface area (Å²) in [5.41, 5.74) is 3.05. The van der Waals surface area contributed by atoms with E-state index in [0.29, 0.717) is 18.0 Å². The van der Waals surface area contributed by atoms with Gasteiger partial charge in [0, 0.05) is 11.4 Å². The molecule has 0 spiro atoms. The van der Waals surface area contributed by atoms with Gasteiger partial charge in [-0.3, -0.25) is 0 Å². The molecule has 4 nitrogen and oxygen atoms in total. The molecule has 5 heteroatoms. The van der Waals surface area contributed by atoms with Crippen LogP contribution in [0.5, 0.6) is 5.75 Å². The number of benzene rings is 3. The Morgan fingerprint density at radius 2 is 1.64 bits per heavy atom. The Hall–Kier alpha value is -2.82. The highest BCUT2D eigenvalue weighted by Crippen LogP contribution is 2.20. The first-order valence-corrected chi connectivity index (χ1v) is 9.61. The highest BCUT2D eigenvalue weighted by Gasteiger charge is 2.15. The standard InChI is InChI=1S/C23H21ClN2O2/c24-18-12-10-17(11-13-18)14-23-25-21-8-4-5-9-22(21)26(23)15-19(27)16-28-20-6-2-1-3-7-20/h1-13,19,27H,14-16H2/t19-/m1/s1. The van der Waals surface area contributed by atoms with Crippen molar-refractivity contribution >= 4 is 22.6 Å². The van der Waals surface area contributed by atoms with Gasteiger partial charge in [-0.1, -0.05) is 54.1 Å². The largest absolute Gasteiger partial charge is 0.491 e. The van der Waals surface area contributed by atoms with E-state index in [0.717, 1.165) is 28.2 Å². The lowest BCUT2D eigenvalue weighted by Gasteiger charge is -2.16. The molecule has 0 fully saturated rings. The van der Waals surface area contributed by atoms with Crippen LogP contribution in [0.1, 0.15) is 11.4 Å². The Morgan fingerprint density at radius 1 is 0.929 bits per heavy atom. The van der Waals surface area contributed by atoms with Gasteiger partial charge in [-0.25, -0.2) is 4.98 Å². The summed E-state index contributed by atoms with van der Waals surface area (Å²) in [5.74, 6) is 1.65. The summed E-state index contributed by atoms with van der Waals surface area (Å²) < 4.78 is 7.77. The van der Waals surface area contributed by atoms with Gasteiger partial charge in [0.05, 0.1) is 17.6 Å². The first-order valence-electron chi connectivity index (χ1n) is 9.23. The zero-order valence-corrected chi connectivity index (χ0v) is 16.1. The van der Waals surface area contributed by atoms with Crippen molar-refractivity contribution in [1.29, 1.82) is 0 Å². The molecule has 142 valence electrons. The lowest BCUT2D eigenvalue weighted by Crippen LogP contribution is -2.24. The second-order valence-corrected chi connectivity index (χ2v) is 7.14. The molecule has 1 aromatic heterocycles. The zero-order chi connectivity index (χ0) is 19.3. The minimum absolute atomic E-state index is 0.219. The molecule has 0 aliphatic rings. The van der Waals surface area contributed by atoms with Crippen LogP contribution in [0.4, 0.5) is 0 Å². The second-order valence-electron chi connectivity index (χ2n) is 6.71. The van der Waals surface area contributed by atoms with Gasteiger partial charge in [0.15, 0.2) is 0 Å². The Bertz CT molecular complexity index is 1050. The smallest absolute Gasteiger partial charge is 0.119 e. The monoisotopic (exact) mass is 392 g/mol. The van der Waals surface area contributed by atoms with E-state index in [4.69, 9.17) is 21.3 Å². The van der Waals surface area contributed by atoms with E-state index in [1.165, 1.54) is 0 Å². The predicted octanol–water partition coefficient (Wildman–Crippen LogP) is 4.72. The molecular formula is C23H21ClN2O2. The van der Waals surface area contributed by atoms with Crippen molar-refractivity contribution < 1.29 is 9.84 Å². The maximum Gasteiger partial charge on any atom is 0.119 e. The quantitative estimate of drug-likeness (QED) is 0.495. The molecule has 4 aromatic rings. The van der Waals surface area contributed by atoms with Crippen LogP contribution >= 0.6 is 11.6 Å². The number of aliphatic hydroxyl groups excluding tert-OH is 1. The van der Waals surface area contributed by atoms with E-state index < -0.39 is 6.10 Å². The number of rotatable bonds is 7. The molecule has 1 atom stereocenters. The van der Waals surface area contributed by atoms with Crippen molar-refractivity contribution in [3.05, 3.63) is 95.3 Å². The molecule has 0 saturated heterocycles. The van der Waals surface area contributed by atoms with Crippen molar-refractivity contribution in [3.63, 3.8) is 0 Å². The minimum atomic E-state index is -0.651. The van der Waals surface area contributed by atoms with E-state index in [1.807, 2.05) is 78.9 Å². The summed E-state index contributed by atoms with van der Waals surface area (Å²) in [6, 6.07) is 25.3. The first kappa shape index (κ1) is 18.5. The molecule has 1 N–H and O–H groups in total. The molecule has 0 aliphatic carbocycles. The van der Waals surface area contributed by atoms with Crippen LogP contribution in [0.25, 0.3) is 11.0 Å². The Kier molecular flexibility index (Phi) is 5.60.